The van der Waals surface area contributed by atoms with Gasteiger partial charge in [-0.05, 0) is 6.07 Å². The van der Waals surface area contributed by atoms with Crippen LogP contribution in [0.15, 0.2) is 40.2 Å². The van der Waals surface area contributed by atoms with Crippen LogP contribution in [0, 0.1) is 0 Å². The van der Waals surface area contributed by atoms with Crippen LogP contribution in [0.3, 0.4) is 0 Å². The zero-order valence-corrected chi connectivity index (χ0v) is 14.7. The molecule has 0 radical (unpaired) electrons. The van der Waals surface area contributed by atoms with Gasteiger partial charge in [-0.1, -0.05) is 18.2 Å². The van der Waals surface area contributed by atoms with E-state index in [1.165, 1.54) is 33.5 Å². The maximum absolute atomic E-state index is 12.6. The number of amides is 1. The van der Waals surface area contributed by atoms with Crippen molar-refractivity contribution < 1.29 is 9.90 Å². The summed E-state index contributed by atoms with van der Waals surface area (Å²) in [6.45, 7) is -0.231. The van der Waals surface area contributed by atoms with Crippen LogP contribution >= 0.6 is 0 Å². The highest BCUT2D eigenvalue weighted by atomic mass is 16.3. The van der Waals surface area contributed by atoms with Crippen molar-refractivity contribution in [2.24, 2.45) is 14.1 Å². The zero-order chi connectivity index (χ0) is 19.0. The van der Waals surface area contributed by atoms with Crippen LogP contribution in [0.4, 0.5) is 0 Å². The Morgan fingerprint density at radius 3 is 2.62 bits per heavy atom. The summed E-state index contributed by atoms with van der Waals surface area (Å²) in [4.78, 5) is 43.0. The Labute approximate surface area is 148 Å². The van der Waals surface area contributed by atoms with Crippen molar-refractivity contribution in [3.63, 3.8) is 0 Å². The van der Waals surface area contributed by atoms with Gasteiger partial charge < -0.3 is 14.6 Å². The molecule has 9 heteroatoms. The van der Waals surface area contributed by atoms with E-state index in [0.717, 1.165) is 4.57 Å². The van der Waals surface area contributed by atoms with Crippen LogP contribution in [-0.4, -0.2) is 41.6 Å². The summed E-state index contributed by atoms with van der Waals surface area (Å²) >= 11 is 0. The minimum absolute atomic E-state index is 0.0801. The monoisotopic (exact) mass is 357 g/mol. The molecule has 3 rings (SSSR count). The van der Waals surface area contributed by atoms with Gasteiger partial charge in [0.15, 0.2) is 11.2 Å². The number of carbonyl (C=O) groups excluding carboxylic acids is 1. The number of phenols is 1. The van der Waals surface area contributed by atoms with E-state index in [4.69, 9.17) is 0 Å². The second-order valence-electron chi connectivity index (χ2n) is 6.14. The quantitative estimate of drug-likeness (QED) is 0.697. The Balaban J connectivity index is 1.92. The first-order valence-corrected chi connectivity index (χ1v) is 7.93. The van der Waals surface area contributed by atoms with E-state index in [1.807, 2.05) is 0 Å². The summed E-state index contributed by atoms with van der Waals surface area (Å²) in [5.41, 5.74) is -0.0689. The average molecular weight is 357 g/mol. The molecule has 0 unspecified atom stereocenters. The number of hydrogen-bond acceptors (Lipinski definition) is 5. The first-order chi connectivity index (χ1) is 12.3. The first-order valence-electron chi connectivity index (χ1n) is 7.93. The molecule has 136 valence electrons. The molecule has 26 heavy (non-hydrogen) atoms. The van der Waals surface area contributed by atoms with E-state index >= 15 is 0 Å². The van der Waals surface area contributed by atoms with Crippen molar-refractivity contribution in [1.29, 1.82) is 0 Å². The van der Waals surface area contributed by atoms with Crippen LogP contribution in [0.5, 0.6) is 5.75 Å². The van der Waals surface area contributed by atoms with Gasteiger partial charge in [-0.25, -0.2) is 14.3 Å². The number of nitrogens with zero attached hydrogens (tertiary/aromatic N) is 5. The Morgan fingerprint density at radius 2 is 1.92 bits per heavy atom. The maximum atomic E-state index is 12.6. The zero-order valence-electron chi connectivity index (χ0n) is 14.7. The fraction of sp³-hybridized carbons (Fsp3) is 0.294. The highest BCUT2D eigenvalue weighted by Crippen LogP contribution is 2.17. The van der Waals surface area contributed by atoms with E-state index in [1.54, 1.807) is 32.3 Å². The SMILES string of the molecule is CN(Cc1ccccc1O)C(=O)Cn1c(=O)c2c(ncn2C)n(C)c1=O. The summed E-state index contributed by atoms with van der Waals surface area (Å²) in [5.74, 6) is -0.342. The summed E-state index contributed by atoms with van der Waals surface area (Å²) in [6, 6.07) is 6.67. The summed E-state index contributed by atoms with van der Waals surface area (Å²) in [5, 5.41) is 9.82. The molecule has 0 aliphatic rings. The lowest BCUT2D eigenvalue weighted by atomic mass is 10.2. The number of likely N-dealkylation sites (N-methyl/N-ethyl adjacent to an activating group) is 1. The number of hydrogen-bond donors (Lipinski definition) is 1. The van der Waals surface area contributed by atoms with E-state index < -0.39 is 23.7 Å². The van der Waals surface area contributed by atoms with Gasteiger partial charge in [0.2, 0.25) is 5.91 Å². The minimum Gasteiger partial charge on any atom is -0.508 e. The van der Waals surface area contributed by atoms with Gasteiger partial charge in [-0.3, -0.25) is 14.2 Å². The molecule has 1 aromatic carbocycles. The Bertz CT molecular complexity index is 1110. The van der Waals surface area contributed by atoms with Gasteiger partial charge >= 0.3 is 5.69 Å². The molecule has 0 bridgehead atoms. The highest BCUT2D eigenvalue weighted by molar-refractivity contribution is 5.76. The van der Waals surface area contributed by atoms with Crippen molar-refractivity contribution in [2.45, 2.75) is 13.1 Å². The van der Waals surface area contributed by atoms with E-state index in [-0.39, 0.29) is 23.5 Å². The number of aryl methyl sites for hydroxylation is 2. The number of carbonyl (C=O) groups is 1. The Kier molecular flexibility index (Phi) is 4.37. The third kappa shape index (κ3) is 2.87. The van der Waals surface area contributed by atoms with Crippen LogP contribution in [0.25, 0.3) is 11.2 Å². The molecule has 2 heterocycles. The number of para-hydroxylation sites is 1. The van der Waals surface area contributed by atoms with Crippen molar-refractivity contribution >= 4 is 17.1 Å². The lowest BCUT2D eigenvalue weighted by Gasteiger charge is -2.18. The van der Waals surface area contributed by atoms with Gasteiger partial charge in [0.1, 0.15) is 12.3 Å². The Morgan fingerprint density at radius 1 is 1.23 bits per heavy atom. The molecule has 0 atom stereocenters. The third-order valence-corrected chi connectivity index (χ3v) is 4.32. The summed E-state index contributed by atoms with van der Waals surface area (Å²) in [7, 11) is 4.70. The number of phenolic OH excluding ortho intramolecular Hbond substituents is 1. The molecular weight excluding hydrogens is 338 g/mol. The van der Waals surface area contributed by atoms with E-state index in [0.29, 0.717) is 5.56 Å². The fourth-order valence-electron chi connectivity index (χ4n) is 2.78. The minimum atomic E-state index is -0.606. The molecular formula is C17H19N5O4. The van der Waals surface area contributed by atoms with Crippen molar-refractivity contribution in [1.82, 2.24) is 23.6 Å². The first kappa shape index (κ1) is 17.5. The highest BCUT2D eigenvalue weighted by Gasteiger charge is 2.19. The van der Waals surface area contributed by atoms with Gasteiger partial charge in [0, 0.05) is 33.3 Å². The number of aromatic hydroxyl groups is 1. The van der Waals surface area contributed by atoms with E-state index in [2.05, 4.69) is 4.98 Å². The largest absolute Gasteiger partial charge is 0.508 e. The second-order valence-corrected chi connectivity index (χ2v) is 6.14. The smallest absolute Gasteiger partial charge is 0.332 e. The molecule has 0 spiro atoms. The molecule has 0 saturated carbocycles. The molecule has 9 nitrogen and oxygen atoms in total. The van der Waals surface area contributed by atoms with Crippen LogP contribution in [-0.2, 0) is 32.0 Å². The predicted octanol–water partition coefficient (Wildman–Crippen LogP) is -0.202. The predicted molar refractivity (Wildman–Crippen MR) is 94.8 cm³/mol. The lowest BCUT2D eigenvalue weighted by molar-refractivity contribution is -0.131. The van der Waals surface area contributed by atoms with Crippen LogP contribution < -0.4 is 11.2 Å². The number of fused-ring (bicyclic) bond motifs is 1. The number of aromatic nitrogens is 4. The molecule has 0 aliphatic heterocycles. The summed E-state index contributed by atoms with van der Waals surface area (Å²) in [6.07, 6.45) is 1.45. The normalized spacial score (nSPS) is 11.0. The van der Waals surface area contributed by atoms with Crippen molar-refractivity contribution in [2.75, 3.05) is 7.05 Å². The second kappa shape index (κ2) is 6.51. The standard InChI is InChI=1S/C17H19N5O4/c1-19(8-11-6-4-5-7-12(11)23)13(24)9-22-16(25)14-15(18-10-20(14)2)21(3)17(22)26/h4-7,10,23H,8-9H2,1-3H3. The van der Waals surface area contributed by atoms with Crippen LogP contribution in [0.2, 0.25) is 0 Å². The maximum Gasteiger partial charge on any atom is 0.332 e. The number of imidazole rings is 1. The average Bonchev–Trinajstić information content (AvgIpc) is 3.00. The molecule has 0 saturated heterocycles. The Hall–Kier alpha value is -3.36. The number of rotatable bonds is 4. The van der Waals surface area contributed by atoms with Crippen molar-refractivity contribution in [3.8, 4) is 5.75 Å². The van der Waals surface area contributed by atoms with Gasteiger partial charge in [0.05, 0.1) is 6.33 Å². The fourth-order valence-corrected chi connectivity index (χ4v) is 2.78. The van der Waals surface area contributed by atoms with Crippen LogP contribution in [0.1, 0.15) is 5.56 Å². The molecule has 3 aromatic rings. The number of benzene rings is 1. The topological polar surface area (TPSA) is 102 Å². The van der Waals surface area contributed by atoms with E-state index in [9.17, 15) is 19.5 Å². The van der Waals surface area contributed by atoms with Gasteiger partial charge in [-0.2, -0.15) is 0 Å². The van der Waals surface area contributed by atoms with Gasteiger partial charge in [-0.15, -0.1) is 0 Å². The molecule has 2 aromatic heterocycles. The molecule has 0 fully saturated rings. The van der Waals surface area contributed by atoms with Gasteiger partial charge in [0.25, 0.3) is 5.56 Å². The molecule has 1 N–H and O–H groups in total. The molecule has 0 aliphatic carbocycles. The third-order valence-electron chi connectivity index (χ3n) is 4.32. The van der Waals surface area contributed by atoms with Crippen molar-refractivity contribution in [3.05, 3.63) is 57.0 Å². The summed E-state index contributed by atoms with van der Waals surface area (Å²) < 4.78 is 3.66. The molecule has 1 amide bonds. The lowest BCUT2D eigenvalue weighted by Crippen LogP contribution is -2.43.